The molecule has 0 aliphatic carbocycles. The molecule has 1 amide bonds. The number of hydrogen-bond donors (Lipinski definition) is 0. The minimum Gasteiger partial charge on any atom is -0.368 e. The van der Waals surface area contributed by atoms with Gasteiger partial charge in [-0.05, 0) is 30.3 Å². The number of hydrogen-bond acceptors (Lipinski definition) is 2. The lowest BCUT2D eigenvalue weighted by molar-refractivity contribution is 0.0745. The van der Waals surface area contributed by atoms with Crippen molar-refractivity contribution in [3.05, 3.63) is 64.7 Å². The predicted molar refractivity (Wildman–Crippen MR) is 85.9 cm³/mol. The highest BCUT2D eigenvalue weighted by molar-refractivity contribution is 6.30. The molecule has 1 fully saturated rings. The highest BCUT2D eigenvalue weighted by Crippen LogP contribution is 2.21. The maximum Gasteiger partial charge on any atom is 0.254 e. The van der Waals surface area contributed by atoms with Crippen LogP contribution in [-0.4, -0.2) is 37.0 Å². The van der Waals surface area contributed by atoms with Gasteiger partial charge in [-0.2, -0.15) is 0 Å². The zero-order valence-electron chi connectivity index (χ0n) is 12.3. The van der Waals surface area contributed by atoms with Crippen LogP contribution < -0.4 is 4.90 Å². The van der Waals surface area contributed by atoms with E-state index in [4.69, 9.17) is 11.6 Å². The molecule has 1 saturated heterocycles. The third-order valence-electron chi connectivity index (χ3n) is 3.85. The predicted octanol–water partition coefficient (Wildman–Crippen LogP) is 3.58. The fourth-order valence-corrected chi connectivity index (χ4v) is 2.88. The fraction of sp³-hybridized carbons (Fsp3) is 0.235. The molecule has 23 heavy (non-hydrogen) atoms. The first-order valence-electron chi connectivity index (χ1n) is 7.29. The van der Waals surface area contributed by atoms with E-state index >= 15 is 0 Å². The van der Waals surface area contributed by atoms with Gasteiger partial charge in [0.25, 0.3) is 5.91 Å². The molecule has 3 nitrogen and oxygen atoms in total. The second kappa shape index (κ2) is 6.54. The summed E-state index contributed by atoms with van der Waals surface area (Å²) >= 11 is 5.99. The maximum absolute atomic E-state index is 13.2. The minimum absolute atomic E-state index is 0.0405. The lowest BCUT2D eigenvalue weighted by atomic mass is 10.1. The summed E-state index contributed by atoms with van der Waals surface area (Å²) in [6, 6.07) is 10.4. The van der Waals surface area contributed by atoms with Crippen LogP contribution in [0, 0.1) is 11.6 Å². The SMILES string of the molecule is O=C(c1cc(F)cc(F)c1)N1CCN(c2cccc(Cl)c2)CC1. The van der Waals surface area contributed by atoms with E-state index in [2.05, 4.69) is 4.90 Å². The molecule has 0 radical (unpaired) electrons. The van der Waals surface area contributed by atoms with Gasteiger partial charge < -0.3 is 9.80 Å². The van der Waals surface area contributed by atoms with Crippen LogP contribution in [0.1, 0.15) is 10.4 Å². The molecule has 0 bridgehead atoms. The average molecular weight is 337 g/mol. The number of benzene rings is 2. The second-order valence-electron chi connectivity index (χ2n) is 5.42. The van der Waals surface area contributed by atoms with Crippen LogP contribution in [0.25, 0.3) is 0 Å². The number of carbonyl (C=O) groups is 1. The molecule has 1 aliphatic heterocycles. The van der Waals surface area contributed by atoms with E-state index in [-0.39, 0.29) is 11.5 Å². The maximum atomic E-state index is 13.2. The van der Waals surface area contributed by atoms with E-state index < -0.39 is 11.6 Å². The molecular formula is C17H15ClF2N2O. The Morgan fingerprint density at radius 2 is 1.61 bits per heavy atom. The molecule has 1 aliphatic rings. The summed E-state index contributed by atoms with van der Waals surface area (Å²) in [6.07, 6.45) is 0. The monoisotopic (exact) mass is 336 g/mol. The fourth-order valence-electron chi connectivity index (χ4n) is 2.70. The summed E-state index contributed by atoms with van der Waals surface area (Å²) in [4.78, 5) is 16.1. The molecule has 0 saturated carbocycles. The molecular weight excluding hydrogens is 322 g/mol. The molecule has 0 atom stereocenters. The molecule has 0 unspecified atom stereocenters. The average Bonchev–Trinajstić information content (AvgIpc) is 2.53. The number of amides is 1. The van der Waals surface area contributed by atoms with Crippen molar-refractivity contribution in [2.24, 2.45) is 0 Å². The number of piperazine rings is 1. The third-order valence-corrected chi connectivity index (χ3v) is 4.08. The van der Waals surface area contributed by atoms with Crippen LogP contribution in [0.4, 0.5) is 14.5 Å². The zero-order chi connectivity index (χ0) is 16.4. The Balaban J connectivity index is 1.67. The first kappa shape index (κ1) is 15.7. The highest BCUT2D eigenvalue weighted by atomic mass is 35.5. The third kappa shape index (κ3) is 3.62. The van der Waals surface area contributed by atoms with E-state index in [0.717, 1.165) is 23.9 Å². The number of rotatable bonds is 2. The van der Waals surface area contributed by atoms with Crippen LogP contribution in [0.3, 0.4) is 0 Å². The first-order chi connectivity index (χ1) is 11.0. The van der Waals surface area contributed by atoms with E-state index in [1.54, 1.807) is 4.90 Å². The van der Waals surface area contributed by atoms with Crippen molar-refractivity contribution < 1.29 is 13.6 Å². The molecule has 2 aromatic rings. The molecule has 120 valence electrons. The van der Waals surface area contributed by atoms with Crippen LogP contribution in [0.5, 0.6) is 0 Å². The smallest absolute Gasteiger partial charge is 0.254 e. The molecule has 6 heteroatoms. The second-order valence-corrected chi connectivity index (χ2v) is 5.85. The van der Waals surface area contributed by atoms with Crippen LogP contribution >= 0.6 is 11.6 Å². The quantitative estimate of drug-likeness (QED) is 0.837. The first-order valence-corrected chi connectivity index (χ1v) is 7.66. The summed E-state index contributed by atoms with van der Waals surface area (Å²) in [7, 11) is 0. The summed E-state index contributed by atoms with van der Waals surface area (Å²) in [5.41, 5.74) is 1.04. The van der Waals surface area contributed by atoms with Crippen LogP contribution in [0.2, 0.25) is 5.02 Å². The Hall–Kier alpha value is -2.14. The molecule has 0 spiro atoms. The van der Waals surface area contributed by atoms with Crippen molar-refractivity contribution >= 4 is 23.2 Å². The summed E-state index contributed by atoms with van der Waals surface area (Å²) in [5.74, 6) is -1.84. The molecule has 0 aromatic heterocycles. The van der Waals surface area contributed by atoms with Gasteiger partial charge in [0.15, 0.2) is 0 Å². The molecule has 1 heterocycles. The van der Waals surface area contributed by atoms with Crippen molar-refractivity contribution in [2.45, 2.75) is 0 Å². The number of anilines is 1. The van der Waals surface area contributed by atoms with Gasteiger partial charge in [0.2, 0.25) is 0 Å². The van der Waals surface area contributed by atoms with Crippen LogP contribution in [-0.2, 0) is 0 Å². The molecule has 0 N–H and O–H groups in total. The van der Waals surface area contributed by atoms with Gasteiger partial charge in [-0.25, -0.2) is 8.78 Å². The van der Waals surface area contributed by atoms with Gasteiger partial charge in [-0.3, -0.25) is 4.79 Å². The van der Waals surface area contributed by atoms with E-state index in [0.29, 0.717) is 31.2 Å². The van der Waals surface area contributed by atoms with Crippen molar-refractivity contribution in [1.82, 2.24) is 4.90 Å². The van der Waals surface area contributed by atoms with E-state index in [1.165, 1.54) is 0 Å². The van der Waals surface area contributed by atoms with E-state index in [1.807, 2.05) is 24.3 Å². The van der Waals surface area contributed by atoms with Gasteiger partial charge in [-0.1, -0.05) is 17.7 Å². The van der Waals surface area contributed by atoms with Gasteiger partial charge in [0, 0.05) is 48.5 Å². The normalized spacial score (nSPS) is 14.9. The lowest BCUT2D eigenvalue weighted by Gasteiger charge is -2.36. The Morgan fingerprint density at radius 1 is 0.957 bits per heavy atom. The molecule has 3 rings (SSSR count). The molecule has 2 aromatic carbocycles. The Morgan fingerprint density at radius 3 is 2.22 bits per heavy atom. The number of carbonyl (C=O) groups excluding carboxylic acids is 1. The van der Waals surface area contributed by atoms with Crippen molar-refractivity contribution in [3.8, 4) is 0 Å². The van der Waals surface area contributed by atoms with Gasteiger partial charge >= 0.3 is 0 Å². The van der Waals surface area contributed by atoms with Gasteiger partial charge in [-0.15, -0.1) is 0 Å². The topological polar surface area (TPSA) is 23.6 Å². The van der Waals surface area contributed by atoms with Crippen LogP contribution in [0.15, 0.2) is 42.5 Å². The van der Waals surface area contributed by atoms with E-state index in [9.17, 15) is 13.6 Å². The van der Waals surface area contributed by atoms with Gasteiger partial charge in [0.05, 0.1) is 0 Å². The Kier molecular flexibility index (Phi) is 4.48. The summed E-state index contributed by atoms with van der Waals surface area (Å²) < 4.78 is 26.5. The van der Waals surface area contributed by atoms with Crippen molar-refractivity contribution in [2.75, 3.05) is 31.1 Å². The Bertz CT molecular complexity index is 710. The lowest BCUT2D eigenvalue weighted by Crippen LogP contribution is -2.48. The number of nitrogens with zero attached hydrogens (tertiary/aromatic N) is 2. The largest absolute Gasteiger partial charge is 0.368 e. The summed E-state index contributed by atoms with van der Waals surface area (Å²) in [5, 5.41) is 0.663. The van der Waals surface area contributed by atoms with Gasteiger partial charge in [0.1, 0.15) is 11.6 Å². The standard InChI is InChI=1S/C17H15ClF2N2O/c18-13-2-1-3-16(10-13)21-4-6-22(7-5-21)17(23)12-8-14(19)11-15(20)9-12/h1-3,8-11H,4-7H2. The zero-order valence-corrected chi connectivity index (χ0v) is 13.1. The van der Waals surface area contributed by atoms with Crippen molar-refractivity contribution in [1.29, 1.82) is 0 Å². The number of halogens is 3. The highest BCUT2D eigenvalue weighted by Gasteiger charge is 2.23. The van der Waals surface area contributed by atoms with Crippen molar-refractivity contribution in [3.63, 3.8) is 0 Å². The summed E-state index contributed by atoms with van der Waals surface area (Å²) in [6.45, 7) is 2.26. The minimum atomic E-state index is -0.745. The Labute approximate surface area is 138 Å².